The molecule has 1 aliphatic rings. The molecule has 0 fully saturated rings. The van der Waals surface area contributed by atoms with Crippen molar-refractivity contribution in [1.29, 1.82) is 0 Å². The molecule has 3 rings (SSSR count). The summed E-state index contributed by atoms with van der Waals surface area (Å²) < 4.78 is 37.7. The predicted molar refractivity (Wildman–Crippen MR) is 77.7 cm³/mol. The zero-order chi connectivity index (χ0) is 15.2. The van der Waals surface area contributed by atoms with Crippen LogP contribution in [0.25, 0.3) is 0 Å². The maximum Gasteiger partial charge on any atom is 0.416 e. The zero-order valence-corrected chi connectivity index (χ0v) is 12.0. The van der Waals surface area contributed by atoms with Gasteiger partial charge in [-0.2, -0.15) is 13.2 Å². The molecule has 1 N–H and O–H groups in total. The van der Waals surface area contributed by atoms with Crippen LogP contribution in [0.4, 0.5) is 18.9 Å². The molecule has 0 aliphatic carbocycles. The van der Waals surface area contributed by atoms with Crippen molar-refractivity contribution in [1.82, 2.24) is 0 Å². The lowest BCUT2D eigenvalue weighted by Crippen LogP contribution is -2.08. The number of alkyl halides is 3. The van der Waals surface area contributed by atoms with E-state index in [1.807, 2.05) is 19.1 Å². The molecule has 0 radical (unpaired) electrons. The van der Waals surface area contributed by atoms with Gasteiger partial charge in [0.1, 0.15) is 0 Å². The number of nitrogens with one attached hydrogen (secondary N) is 1. The molecule has 0 aromatic heterocycles. The second-order valence-corrected chi connectivity index (χ2v) is 5.63. The highest BCUT2D eigenvalue weighted by molar-refractivity contribution is 6.31. The number of rotatable bonds is 1. The highest BCUT2D eigenvalue weighted by atomic mass is 35.5. The third-order valence-corrected chi connectivity index (χ3v) is 4.28. The highest BCUT2D eigenvalue weighted by Crippen LogP contribution is 2.39. The normalized spacial score (nSPS) is 17.5. The Hall–Kier alpha value is -1.68. The van der Waals surface area contributed by atoms with E-state index in [4.69, 9.17) is 11.6 Å². The van der Waals surface area contributed by atoms with Gasteiger partial charge in [0.15, 0.2) is 0 Å². The maximum atomic E-state index is 12.6. The van der Waals surface area contributed by atoms with Gasteiger partial charge in [-0.15, -0.1) is 0 Å². The van der Waals surface area contributed by atoms with E-state index in [9.17, 15) is 13.2 Å². The number of fused-ring (bicyclic) bond motifs is 1. The lowest BCUT2D eigenvalue weighted by Gasteiger charge is -2.14. The first-order chi connectivity index (χ1) is 9.86. The van der Waals surface area contributed by atoms with Gasteiger partial charge in [0, 0.05) is 10.7 Å². The van der Waals surface area contributed by atoms with E-state index in [0.717, 1.165) is 40.9 Å². The minimum atomic E-state index is -4.30. The molecule has 5 heteroatoms. The monoisotopic (exact) mass is 311 g/mol. The molecule has 0 spiro atoms. The Morgan fingerprint density at radius 2 is 1.76 bits per heavy atom. The number of hydrogen-bond donors (Lipinski definition) is 1. The van der Waals surface area contributed by atoms with Crippen LogP contribution in [0, 0.1) is 6.92 Å². The fourth-order valence-electron chi connectivity index (χ4n) is 2.66. The van der Waals surface area contributed by atoms with Crippen LogP contribution in [0.2, 0.25) is 5.02 Å². The van der Waals surface area contributed by atoms with Crippen molar-refractivity contribution in [2.24, 2.45) is 0 Å². The van der Waals surface area contributed by atoms with Crippen LogP contribution in [0.3, 0.4) is 0 Å². The van der Waals surface area contributed by atoms with Crippen LogP contribution in [-0.4, -0.2) is 0 Å². The van der Waals surface area contributed by atoms with Crippen LogP contribution in [0.15, 0.2) is 36.4 Å². The smallest absolute Gasteiger partial charge is 0.377 e. The van der Waals surface area contributed by atoms with Gasteiger partial charge in [-0.25, -0.2) is 0 Å². The van der Waals surface area contributed by atoms with E-state index >= 15 is 0 Å². The average Bonchev–Trinajstić information content (AvgIpc) is 2.87. The summed E-state index contributed by atoms with van der Waals surface area (Å²) in [5.41, 5.74) is 3.33. The highest BCUT2D eigenvalue weighted by Gasteiger charge is 2.31. The first-order valence-electron chi connectivity index (χ1n) is 6.58. The van der Waals surface area contributed by atoms with Gasteiger partial charge in [-0.05, 0) is 48.2 Å². The van der Waals surface area contributed by atoms with Crippen molar-refractivity contribution < 1.29 is 13.2 Å². The first-order valence-corrected chi connectivity index (χ1v) is 6.96. The van der Waals surface area contributed by atoms with E-state index in [0.29, 0.717) is 5.02 Å². The molecule has 0 saturated heterocycles. The van der Waals surface area contributed by atoms with E-state index in [1.54, 1.807) is 0 Å². The molecule has 1 unspecified atom stereocenters. The molecule has 1 aliphatic heterocycles. The van der Waals surface area contributed by atoms with Crippen molar-refractivity contribution in [2.45, 2.75) is 25.6 Å². The Kier molecular flexibility index (Phi) is 3.36. The van der Waals surface area contributed by atoms with Crippen LogP contribution in [-0.2, 0) is 12.6 Å². The Bertz CT molecular complexity index is 677. The molecule has 0 amide bonds. The average molecular weight is 312 g/mol. The molecule has 0 saturated carbocycles. The summed E-state index contributed by atoms with van der Waals surface area (Å²) in [5.74, 6) is 0. The van der Waals surface area contributed by atoms with Crippen molar-refractivity contribution >= 4 is 17.3 Å². The number of halogens is 4. The summed E-state index contributed by atoms with van der Waals surface area (Å²) in [5, 5.41) is 4.04. The van der Waals surface area contributed by atoms with Gasteiger partial charge >= 0.3 is 6.18 Å². The minimum Gasteiger partial charge on any atom is -0.377 e. The molecule has 2 aromatic carbocycles. The molecular formula is C16H13ClF3N. The number of benzene rings is 2. The van der Waals surface area contributed by atoms with Crippen molar-refractivity contribution in [2.75, 3.05) is 5.32 Å². The molecular weight excluding hydrogens is 299 g/mol. The van der Waals surface area contributed by atoms with Gasteiger partial charge in [0.25, 0.3) is 0 Å². The quantitative estimate of drug-likeness (QED) is 0.746. The van der Waals surface area contributed by atoms with Crippen LogP contribution in [0.5, 0.6) is 0 Å². The Morgan fingerprint density at radius 3 is 2.38 bits per heavy atom. The molecule has 1 nitrogen and oxygen atoms in total. The minimum absolute atomic E-state index is 0.0144. The van der Waals surface area contributed by atoms with Crippen LogP contribution in [0.1, 0.15) is 28.3 Å². The van der Waals surface area contributed by atoms with Crippen LogP contribution < -0.4 is 5.32 Å². The molecule has 110 valence electrons. The van der Waals surface area contributed by atoms with Gasteiger partial charge in [-0.3, -0.25) is 0 Å². The SMILES string of the molecule is Cc1c(Cl)ccc2c1NC(c1ccc(C(F)(F)F)cc1)C2. The lowest BCUT2D eigenvalue weighted by molar-refractivity contribution is -0.137. The van der Waals surface area contributed by atoms with Gasteiger partial charge in [-0.1, -0.05) is 29.8 Å². The number of anilines is 1. The largest absolute Gasteiger partial charge is 0.416 e. The standard InChI is InChI=1S/C16H13ClF3N/c1-9-13(17)7-4-11-8-14(21-15(9)11)10-2-5-12(6-3-10)16(18,19)20/h2-7,14,21H,8H2,1H3. The van der Waals surface area contributed by atoms with E-state index in [1.165, 1.54) is 12.1 Å². The van der Waals surface area contributed by atoms with E-state index < -0.39 is 11.7 Å². The van der Waals surface area contributed by atoms with Crippen molar-refractivity contribution in [3.63, 3.8) is 0 Å². The third-order valence-electron chi connectivity index (χ3n) is 3.87. The summed E-state index contributed by atoms with van der Waals surface area (Å²) in [7, 11) is 0. The fourth-order valence-corrected chi connectivity index (χ4v) is 2.82. The van der Waals surface area contributed by atoms with Gasteiger partial charge in [0.2, 0.25) is 0 Å². The fraction of sp³-hybridized carbons (Fsp3) is 0.250. The van der Waals surface area contributed by atoms with Gasteiger partial charge in [0.05, 0.1) is 11.6 Å². The van der Waals surface area contributed by atoms with E-state index in [2.05, 4.69) is 5.32 Å². The lowest BCUT2D eigenvalue weighted by atomic mass is 10.0. The molecule has 1 atom stereocenters. The maximum absolute atomic E-state index is 12.6. The molecule has 1 heterocycles. The Balaban J connectivity index is 1.86. The molecule has 0 bridgehead atoms. The summed E-state index contributed by atoms with van der Waals surface area (Å²) in [4.78, 5) is 0. The predicted octanol–water partition coefficient (Wildman–Crippen LogP) is 5.38. The zero-order valence-electron chi connectivity index (χ0n) is 11.3. The van der Waals surface area contributed by atoms with Crippen molar-refractivity contribution in [3.8, 4) is 0 Å². The summed E-state index contributed by atoms with van der Waals surface area (Å²) in [6.07, 6.45) is -3.55. The van der Waals surface area contributed by atoms with E-state index in [-0.39, 0.29) is 6.04 Å². The molecule has 2 aromatic rings. The summed E-state index contributed by atoms with van der Waals surface area (Å²) >= 11 is 6.09. The Labute approximate surface area is 125 Å². The Morgan fingerprint density at radius 1 is 1.10 bits per heavy atom. The second-order valence-electron chi connectivity index (χ2n) is 5.23. The van der Waals surface area contributed by atoms with Gasteiger partial charge < -0.3 is 5.32 Å². The first kappa shape index (κ1) is 14.3. The summed E-state index contributed by atoms with van der Waals surface area (Å²) in [6, 6.07) is 9.11. The number of hydrogen-bond acceptors (Lipinski definition) is 1. The van der Waals surface area contributed by atoms with Crippen molar-refractivity contribution in [3.05, 3.63) is 63.7 Å². The second kappa shape index (κ2) is 4.95. The summed E-state index contributed by atoms with van der Waals surface area (Å²) in [6.45, 7) is 1.93. The third kappa shape index (κ3) is 2.60. The molecule has 21 heavy (non-hydrogen) atoms. The van der Waals surface area contributed by atoms with Crippen LogP contribution >= 0.6 is 11.6 Å². The topological polar surface area (TPSA) is 12.0 Å².